The maximum Gasteiger partial charge on any atom is 0.414 e. The van der Waals surface area contributed by atoms with Crippen molar-refractivity contribution in [1.82, 2.24) is 9.80 Å². The number of carbonyl (C=O) groups is 2. The highest BCUT2D eigenvalue weighted by Gasteiger charge is 2.50. The molecule has 5 fully saturated rings. The van der Waals surface area contributed by atoms with Crippen molar-refractivity contribution in [3.8, 4) is 0 Å². The SMILES string of the molecule is O=C(O)C(=O)O.c1ccc(CCCN2CCN(C3C4CC5CC(C4)CC3C5)CC2)cc1. The number of hydrogen-bond donors (Lipinski definition) is 2. The van der Waals surface area contributed by atoms with E-state index in [9.17, 15) is 0 Å². The van der Waals surface area contributed by atoms with Crippen molar-refractivity contribution in [3.63, 3.8) is 0 Å². The lowest BCUT2D eigenvalue weighted by molar-refractivity contribution is -0.159. The van der Waals surface area contributed by atoms with Crippen molar-refractivity contribution in [2.45, 2.75) is 51.0 Å². The second kappa shape index (κ2) is 10.1. The van der Waals surface area contributed by atoms with Crippen molar-refractivity contribution in [3.05, 3.63) is 35.9 Å². The highest BCUT2D eigenvalue weighted by atomic mass is 16.4. The Morgan fingerprint density at radius 1 is 0.806 bits per heavy atom. The summed E-state index contributed by atoms with van der Waals surface area (Å²) in [5.41, 5.74) is 1.50. The summed E-state index contributed by atoms with van der Waals surface area (Å²) < 4.78 is 0. The normalized spacial score (nSPS) is 32.3. The largest absolute Gasteiger partial charge is 0.473 e. The van der Waals surface area contributed by atoms with Crippen LogP contribution in [0.25, 0.3) is 0 Å². The Morgan fingerprint density at radius 2 is 1.35 bits per heavy atom. The zero-order valence-corrected chi connectivity index (χ0v) is 18.4. The molecule has 0 aromatic heterocycles. The first kappa shape index (κ1) is 22.3. The lowest BCUT2D eigenvalue weighted by Crippen LogP contribution is -2.60. The molecule has 4 saturated carbocycles. The van der Waals surface area contributed by atoms with E-state index >= 15 is 0 Å². The van der Waals surface area contributed by atoms with E-state index in [-0.39, 0.29) is 0 Å². The molecule has 1 aliphatic heterocycles. The van der Waals surface area contributed by atoms with Gasteiger partial charge in [-0.05, 0) is 80.7 Å². The van der Waals surface area contributed by atoms with Crippen molar-refractivity contribution in [1.29, 1.82) is 0 Å². The van der Waals surface area contributed by atoms with Crippen LogP contribution in [0.3, 0.4) is 0 Å². The van der Waals surface area contributed by atoms with E-state index in [1.165, 1.54) is 51.1 Å². The average molecular weight is 429 g/mol. The Bertz CT molecular complexity index is 705. The van der Waals surface area contributed by atoms with Gasteiger partial charge in [0.1, 0.15) is 0 Å². The highest BCUT2D eigenvalue weighted by Crippen LogP contribution is 2.55. The number of nitrogens with zero attached hydrogens (tertiary/aromatic N) is 2. The number of aliphatic carboxylic acids is 2. The molecule has 0 atom stereocenters. The minimum absolute atomic E-state index is 0.958. The second-order valence-corrected chi connectivity index (χ2v) is 10.00. The van der Waals surface area contributed by atoms with Gasteiger partial charge in [0.25, 0.3) is 0 Å². The Kier molecular flexibility index (Phi) is 7.28. The topological polar surface area (TPSA) is 81.1 Å². The molecule has 31 heavy (non-hydrogen) atoms. The van der Waals surface area contributed by atoms with Crippen molar-refractivity contribution >= 4 is 11.9 Å². The molecule has 1 heterocycles. The van der Waals surface area contributed by atoms with Gasteiger partial charge in [-0.15, -0.1) is 0 Å². The first-order chi connectivity index (χ1) is 15.0. The van der Waals surface area contributed by atoms with Gasteiger partial charge < -0.3 is 15.1 Å². The van der Waals surface area contributed by atoms with E-state index in [4.69, 9.17) is 19.8 Å². The van der Waals surface area contributed by atoms with Crippen LogP contribution in [0.1, 0.15) is 44.1 Å². The number of rotatable bonds is 5. The molecule has 1 saturated heterocycles. The Labute approximate surface area is 185 Å². The molecular formula is C25H36N2O4. The number of carboxylic acid groups (broad SMARTS) is 2. The van der Waals surface area contributed by atoms with E-state index in [1.807, 2.05) is 0 Å². The molecule has 6 nitrogen and oxygen atoms in total. The van der Waals surface area contributed by atoms with Crippen LogP contribution in [0.4, 0.5) is 0 Å². The molecule has 5 aliphatic rings. The van der Waals surface area contributed by atoms with E-state index in [2.05, 4.69) is 40.1 Å². The van der Waals surface area contributed by atoms with Gasteiger partial charge in [-0.25, -0.2) is 9.59 Å². The zero-order chi connectivity index (χ0) is 21.8. The van der Waals surface area contributed by atoms with Crippen molar-refractivity contribution in [2.75, 3.05) is 32.7 Å². The van der Waals surface area contributed by atoms with Crippen LogP contribution in [-0.4, -0.2) is 70.7 Å². The summed E-state index contributed by atoms with van der Waals surface area (Å²) in [6.07, 6.45) is 10.4. The zero-order valence-electron chi connectivity index (χ0n) is 18.4. The van der Waals surface area contributed by atoms with E-state index < -0.39 is 11.9 Å². The van der Waals surface area contributed by atoms with Gasteiger partial charge in [-0.1, -0.05) is 30.3 Å². The fourth-order valence-electron chi connectivity index (χ4n) is 6.93. The summed E-state index contributed by atoms with van der Waals surface area (Å²) in [4.78, 5) is 23.8. The number of piperazine rings is 1. The van der Waals surface area contributed by atoms with E-state index in [1.54, 1.807) is 32.1 Å². The Hall–Kier alpha value is -1.92. The average Bonchev–Trinajstić information content (AvgIpc) is 2.75. The summed E-state index contributed by atoms with van der Waals surface area (Å²) in [6.45, 7) is 6.55. The molecule has 6 rings (SSSR count). The molecule has 0 amide bonds. The lowest BCUT2D eigenvalue weighted by atomic mass is 9.54. The smallest absolute Gasteiger partial charge is 0.414 e. The maximum atomic E-state index is 9.10. The summed E-state index contributed by atoms with van der Waals surface area (Å²) in [5, 5.41) is 14.8. The minimum atomic E-state index is -1.82. The molecule has 170 valence electrons. The third kappa shape index (κ3) is 5.66. The molecule has 0 spiro atoms. The third-order valence-corrected chi connectivity index (χ3v) is 7.97. The monoisotopic (exact) mass is 428 g/mol. The number of benzene rings is 1. The predicted molar refractivity (Wildman–Crippen MR) is 119 cm³/mol. The van der Waals surface area contributed by atoms with E-state index in [0.717, 1.165) is 29.7 Å². The second-order valence-electron chi connectivity index (χ2n) is 10.00. The molecule has 6 heteroatoms. The predicted octanol–water partition coefficient (Wildman–Crippen LogP) is 3.22. The fraction of sp³-hybridized carbons (Fsp3) is 0.680. The van der Waals surface area contributed by atoms with Crippen LogP contribution in [-0.2, 0) is 16.0 Å². The summed E-state index contributed by atoms with van der Waals surface area (Å²) in [5.74, 6) is 0.683. The van der Waals surface area contributed by atoms with Gasteiger partial charge in [0, 0.05) is 32.2 Å². The van der Waals surface area contributed by atoms with Crippen LogP contribution in [0.2, 0.25) is 0 Å². The summed E-state index contributed by atoms with van der Waals surface area (Å²) in [6, 6.07) is 11.9. The molecule has 0 radical (unpaired) electrons. The van der Waals surface area contributed by atoms with Crippen LogP contribution >= 0.6 is 0 Å². The first-order valence-electron chi connectivity index (χ1n) is 12.0. The first-order valence-corrected chi connectivity index (χ1v) is 12.0. The van der Waals surface area contributed by atoms with Crippen LogP contribution in [0.5, 0.6) is 0 Å². The molecule has 1 aromatic carbocycles. The minimum Gasteiger partial charge on any atom is -0.473 e. The molecular weight excluding hydrogens is 392 g/mol. The molecule has 1 aromatic rings. The van der Waals surface area contributed by atoms with Crippen molar-refractivity contribution in [2.24, 2.45) is 23.7 Å². The van der Waals surface area contributed by atoms with Gasteiger partial charge in [0.2, 0.25) is 0 Å². The van der Waals surface area contributed by atoms with Crippen LogP contribution in [0.15, 0.2) is 30.3 Å². The van der Waals surface area contributed by atoms with Crippen LogP contribution < -0.4 is 0 Å². The van der Waals surface area contributed by atoms with Gasteiger partial charge in [0.05, 0.1) is 0 Å². The molecule has 2 N–H and O–H groups in total. The lowest BCUT2D eigenvalue weighted by Gasteiger charge is -2.58. The Balaban J connectivity index is 0.000000342. The maximum absolute atomic E-state index is 9.10. The standard InChI is InChI=1S/C23H34N2.C2H2O4/c1-2-5-18(6-3-1)7-4-8-24-9-11-25(12-10-24)23-21-14-19-13-20(16-21)17-22(23)15-19;3-1(4)2(5)6/h1-3,5-6,19-23H,4,7-17H2;(H,3,4)(H,5,6). The summed E-state index contributed by atoms with van der Waals surface area (Å²) in [7, 11) is 0. The van der Waals surface area contributed by atoms with Gasteiger partial charge in [-0.2, -0.15) is 0 Å². The van der Waals surface area contributed by atoms with Crippen LogP contribution in [0, 0.1) is 23.7 Å². The van der Waals surface area contributed by atoms with Gasteiger partial charge in [-0.3, -0.25) is 4.90 Å². The van der Waals surface area contributed by atoms with E-state index in [0.29, 0.717) is 0 Å². The number of aryl methyl sites for hydroxylation is 1. The number of carboxylic acids is 2. The molecule has 4 bridgehead atoms. The Morgan fingerprint density at radius 3 is 1.87 bits per heavy atom. The van der Waals surface area contributed by atoms with Crippen molar-refractivity contribution < 1.29 is 19.8 Å². The summed E-state index contributed by atoms with van der Waals surface area (Å²) >= 11 is 0. The van der Waals surface area contributed by atoms with Gasteiger partial charge >= 0.3 is 11.9 Å². The fourth-order valence-corrected chi connectivity index (χ4v) is 6.93. The third-order valence-electron chi connectivity index (χ3n) is 7.97. The molecule has 0 unspecified atom stereocenters. The van der Waals surface area contributed by atoms with Gasteiger partial charge in [0.15, 0.2) is 0 Å². The number of hydrogen-bond acceptors (Lipinski definition) is 4. The quantitative estimate of drug-likeness (QED) is 0.701. The highest BCUT2D eigenvalue weighted by molar-refractivity contribution is 6.27. The molecule has 4 aliphatic carbocycles.